The van der Waals surface area contributed by atoms with Crippen LogP contribution in [0.2, 0.25) is 0 Å². The summed E-state index contributed by atoms with van der Waals surface area (Å²) < 4.78 is 10.1. The van der Waals surface area contributed by atoms with Gasteiger partial charge in [0.2, 0.25) is 0 Å². The van der Waals surface area contributed by atoms with E-state index in [4.69, 9.17) is 14.7 Å². The van der Waals surface area contributed by atoms with Crippen LogP contribution in [-0.2, 0) is 22.7 Å². The Morgan fingerprint density at radius 1 is 0.451 bits per heavy atom. The number of hydrogen-bond donors (Lipinski definition) is 2. The predicted molar refractivity (Wildman–Crippen MR) is 344 cm³/mol. The fourth-order valence-corrected chi connectivity index (χ4v) is 17.6. The molecule has 0 aliphatic carbocycles. The molecular weight excluding hydrogens is 1190 g/mol. The van der Waals surface area contributed by atoms with Crippen LogP contribution in [0.1, 0.15) is 47.8 Å². The fraction of sp³-hybridized carbons (Fsp3) is 0.0533. The van der Waals surface area contributed by atoms with Crippen molar-refractivity contribution in [2.24, 2.45) is 0 Å². The summed E-state index contributed by atoms with van der Waals surface area (Å²) in [6.07, 6.45) is 17.4. The average Bonchev–Trinajstić information content (AvgIpc) is 4.53. The molecule has 7 heteroatoms. The SMILES string of the molecule is CC=C1COCC1=CC(=C([C]#[Os])[P+](c1ccccc1)(c1ccccc1)c1ccccc1)c1ccc(-c2c3nc(c(-c4ccccc4)c4ccc([nH]4)c(-c4ccc(/C=C/C)cc4)c4nc(c(-c5ccccc5)c5ccc2[nH]5)C=C4)C=C3)cc1. The number of nitrogens with zero attached hydrogens (tertiary/aromatic N) is 2. The van der Waals surface area contributed by atoms with Gasteiger partial charge >= 0.3 is 304 Å². The van der Waals surface area contributed by atoms with Crippen LogP contribution in [0.3, 0.4) is 0 Å². The number of fused-ring (bicyclic) bond motifs is 8. The van der Waals surface area contributed by atoms with Gasteiger partial charge in [-0.15, -0.1) is 0 Å². The minimum absolute atomic E-state index is 0.533. The number of nitrogens with one attached hydrogen (secondary N) is 2. The third kappa shape index (κ3) is 9.81. The summed E-state index contributed by atoms with van der Waals surface area (Å²) >= 11 is 1.81. The number of rotatable bonds is 11. The Balaban J connectivity index is 1.09. The molecule has 0 radical (unpaired) electrons. The van der Waals surface area contributed by atoms with Crippen molar-refractivity contribution in [2.45, 2.75) is 13.8 Å². The summed E-state index contributed by atoms with van der Waals surface area (Å²) in [6.45, 7) is 5.27. The summed E-state index contributed by atoms with van der Waals surface area (Å²) in [7, 11) is -2.59. The molecule has 8 bridgehead atoms. The zero-order valence-corrected chi connectivity index (χ0v) is 48.9. The number of hydrogen-bond acceptors (Lipinski definition) is 3. The molecule has 395 valence electrons. The monoisotopic (exact) mass is 1250 g/mol. The van der Waals surface area contributed by atoms with Crippen LogP contribution in [0, 0.1) is 4.37 Å². The Labute approximate surface area is 489 Å². The van der Waals surface area contributed by atoms with E-state index in [1.165, 1.54) is 32.4 Å². The van der Waals surface area contributed by atoms with Gasteiger partial charge in [0.05, 0.1) is 11.4 Å². The summed E-state index contributed by atoms with van der Waals surface area (Å²) in [5, 5.41) is 4.96. The first-order valence-corrected chi connectivity index (χ1v) is 30.8. The fourth-order valence-electron chi connectivity index (χ4n) is 11.8. The van der Waals surface area contributed by atoms with Crippen molar-refractivity contribution in [1.82, 2.24) is 19.9 Å². The van der Waals surface area contributed by atoms with E-state index < -0.39 is 7.26 Å². The van der Waals surface area contributed by atoms with Crippen LogP contribution in [-0.4, -0.2) is 33.1 Å². The minimum atomic E-state index is -2.59. The van der Waals surface area contributed by atoms with Crippen molar-refractivity contribution >= 4 is 81.2 Å². The van der Waals surface area contributed by atoms with Gasteiger partial charge in [-0.1, -0.05) is 97.1 Å². The van der Waals surface area contributed by atoms with E-state index in [0.29, 0.717) is 13.2 Å². The molecule has 0 amide bonds. The maximum atomic E-state index is 6.19. The number of allylic oxidation sites excluding steroid dienone is 5. The van der Waals surface area contributed by atoms with Gasteiger partial charge in [-0.25, -0.2) is 4.98 Å². The van der Waals surface area contributed by atoms with E-state index >= 15 is 0 Å². The van der Waals surface area contributed by atoms with E-state index in [2.05, 4.69) is 294 Å². The third-order valence-corrected chi connectivity index (χ3v) is 21.0. The van der Waals surface area contributed by atoms with Crippen LogP contribution in [0.5, 0.6) is 0 Å². The molecule has 3 aliphatic heterocycles. The van der Waals surface area contributed by atoms with Gasteiger partial charge in [-0.05, 0) is 53.5 Å². The molecule has 10 aromatic rings. The molecule has 0 unspecified atom stereocenters. The Morgan fingerprint density at radius 2 is 0.817 bits per heavy atom. The van der Waals surface area contributed by atoms with Crippen LogP contribution in [0.4, 0.5) is 0 Å². The van der Waals surface area contributed by atoms with E-state index in [1.54, 1.807) is 0 Å². The molecule has 7 aromatic carbocycles. The molecule has 82 heavy (non-hydrogen) atoms. The summed E-state index contributed by atoms with van der Waals surface area (Å²) in [4.78, 5) is 19.1. The second-order valence-electron chi connectivity index (χ2n) is 20.4. The van der Waals surface area contributed by atoms with Crippen molar-refractivity contribution in [3.05, 3.63) is 293 Å². The first-order valence-electron chi connectivity index (χ1n) is 27.7. The molecule has 0 saturated carbocycles. The molecule has 6 heterocycles. The zero-order chi connectivity index (χ0) is 55.4. The van der Waals surface area contributed by atoms with E-state index in [0.717, 1.165) is 106 Å². The van der Waals surface area contributed by atoms with Crippen LogP contribution in [0.25, 0.3) is 103 Å². The molecule has 0 atom stereocenters. The summed E-state index contributed by atoms with van der Waals surface area (Å²) in [5.41, 5.74) is 21.2. The molecule has 5 nitrogen and oxygen atoms in total. The molecule has 3 aliphatic rings. The van der Waals surface area contributed by atoms with Gasteiger partial charge < -0.3 is 4.98 Å². The number of aromatic nitrogens is 4. The van der Waals surface area contributed by atoms with E-state index in [-0.39, 0.29) is 0 Å². The molecule has 0 spiro atoms. The third-order valence-electron chi connectivity index (χ3n) is 15.6. The van der Waals surface area contributed by atoms with Crippen molar-refractivity contribution < 1.29 is 22.7 Å². The number of aromatic amines is 2. The second-order valence-corrected chi connectivity index (χ2v) is 24.4. The first kappa shape index (κ1) is 52.3. The van der Waals surface area contributed by atoms with Gasteiger partial charge in [-0.3, -0.25) is 0 Å². The number of ether oxygens (including phenoxy) is 1. The van der Waals surface area contributed by atoms with Crippen molar-refractivity contribution in [3.63, 3.8) is 0 Å². The van der Waals surface area contributed by atoms with Gasteiger partial charge in [0.15, 0.2) is 0 Å². The normalized spacial score (nSPS) is 14.4. The Morgan fingerprint density at radius 3 is 1.20 bits per heavy atom. The van der Waals surface area contributed by atoms with E-state index in [9.17, 15) is 0 Å². The number of benzene rings is 7. The molecule has 2 N–H and O–H groups in total. The average molecular weight is 1250 g/mol. The standard InChI is InChI=1S/C75H57N4OP.Os/c1-4-21-52-32-34-57(35-33-52)74-68-44-40-64(76-68)72(55-22-11-6-12-23-55)66-42-46-70(78-66)75(71-47-43-67(79-71)73(56-24-13-7-14-25-56)65-41-45-69(74)77-65)58-38-36-54(37-39-58)63(48-59-50-80-49-53(59)5-2)51(3)81(60-26-15-8-16-27-60,61-28-17-9-18-29-61)62-30-19-10-20-31-62;/h4-48,76,79H,49-50H2,1-2H3;/q+1;/b21-4+,53-5?,59-48?,63-51?,72-64?,72-66?,73-65?,73-67?,74-68?,74-69?,75-70?,75-71?;. The summed E-state index contributed by atoms with van der Waals surface area (Å²) in [5.74, 6) is 0. The molecule has 1 fully saturated rings. The molecule has 13 rings (SSSR count). The topological polar surface area (TPSA) is 66.6 Å². The van der Waals surface area contributed by atoms with Crippen molar-refractivity contribution in [1.29, 1.82) is 0 Å². The Bertz CT molecular complexity index is 4320. The van der Waals surface area contributed by atoms with Gasteiger partial charge in [0.1, 0.15) is 0 Å². The van der Waals surface area contributed by atoms with Gasteiger partial charge in [0, 0.05) is 16.6 Å². The molecule has 3 aromatic heterocycles. The van der Waals surface area contributed by atoms with Gasteiger partial charge in [-0.2, -0.15) is 0 Å². The maximum absolute atomic E-state index is 6.19. The van der Waals surface area contributed by atoms with Crippen molar-refractivity contribution in [3.8, 4) is 48.9 Å². The van der Waals surface area contributed by atoms with Crippen LogP contribution < -0.4 is 15.9 Å². The number of H-pyrrole nitrogens is 2. The van der Waals surface area contributed by atoms with Crippen LogP contribution >= 0.6 is 7.26 Å². The second kappa shape index (κ2) is 23.2. The van der Waals surface area contributed by atoms with Crippen molar-refractivity contribution in [2.75, 3.05) is 13.2 Å². The van der Waals surface area contributed by atoms with Crippen LogP contribution in [0.15, 0.2) is 259 Å². The zero-order valence-electron chi connectivity index (χ0n) is 45.5. The first-order chi connectivity index (χ1) is 40.5. The predicted octanol–water partition coefficient (Wildman–Crippen LogP) is 17.5. The molecule has 1 saturated heterocycles. The van der Waals surface area contributed by atoms with E-state index in [1.807, 2.05) is 24.9 Å². The Hall–Kier alpha value is -9.09. The quantitative estimate of drug-likeness (QED) is 0.127. The Kier molecular flexibility index (Phi) is 14.8. The molecular formula is C75H57N4OOsP+. The van der Waals surface area contributed by atoms with Gasteiger partial charge in [0.25, 0.3) is 0 Å². The summed E-state index contributed by atoms with van der Waals surface area (Å²) in [6, 6.07) is 81.0.